The van der Waals surface area contributed by atoms with E-state index in [4.69, 9.17) is 5.11 Å². The normalized spacial score (nSPS) is 14.5. The molecule has 3 nitrogen and oxygen atoms in total. The summed E-state index contributed by atoms with van der Waals surface area (Å²) in [4.78, 5) is 10.5. The quantitative estimate of drug-likeness (QED) is 0.896. The van der Waals surface area contributed by atoms with Gasteiger partial charge in [-0.1, -0.05) is 13.0 Å². The molecule has 2 unspecified atom stereocenters. The minimum Gasteiger partial charge on any atom is -0.481 e. The van der Waals surface area contributed by atoms with Gasteiger partial charge in [-0.25, -0.2) is 4.39 Å². The van der Waals surface area contributed by atoms with Crippen molar-refractivity contribution in [3.05, 3.63) is 34.1 Å². The Morgan fingerprint density at radius 1 is 1.56 bits per heavy atom. The standard InChI is InChI=1S/C11H12BrFO3/c1-6(4-10(14)15)11(16)7-2-3-9(13)8(12)5-7/h2-3,5-6,11,16H,4H2,1H3,(H,14,15). The molecule has 0 saturated carbocycles. The number of carbonyl (C=O) groups is 1. The molecule has 0 fully saturated rings. The largest absolute Gasteiger partial charge is 0.481 e. The van der Waals surface area contributed by atoms with Crippen LogP contribution in [0.1, 0.15) is 25.0 Å². The molecule has 5 heteroatoms. The van der Waals surface area contributed by atoms with Gasteiger partial charge in [0.1, 0.15) is 5.82 Å². The van der Waals surface area contributed by atoms with E-state index in [0.29, 0.717) is 5.56 Å². The smallest absolute Gasteiger partial charge is 0.303 e. The van der Waals surface area contributed by atoms with E-state index in [1.807, 2.05) is 0 Å². The highest BCUT2D eigenvalue weighted by Crippen LogP contribution is 2.27. The topological polar surface area (TPSA) is 57.5 Å². The summed E-state index contributed by atoms with van der Waals surface area (Å²) < 4.78 is 13.2. The van der Waals surface area contributed by atoms with Crippen LogP contribution in [0.3, 0.4) is 0 Å². The molecular weight excluding hydrogens is 279 g/mol. The first kappa shape index (κ1) is 13.1. The SMILES string of the molecule is CC(CC(=O)O)C(O)c1ccc(F)c(Br)c1. The Bertz CT molecular complexity index is 395. The molecule has 1 rings (SSSR count). The Morgan fingerprint density at radius 3 is 2.69 bits per heavy atom. The first-order chi connectivity index (χ1) is 7.41. The molecule has 2 atom stereocenters. The van der Waals surface area contributed by atoms with E-state index in [9.17, 15) is 14.3 Å². The van der Waals surface area contributed by atoms with Crippen molar-refractivity contribution in [3.63, 3.8) is 0 Å². The lowest BCUT2D eigenvalue weighted by molar-refractivity contribution is -0.139. The molecule has 0 amide bonds. The Morgan fingerprint density at radius 2 is 2.19 bits per heavy atom. The van der Waals surface area contributed by atoms with Crippen molar-refractivity contribution in [2.45, 2.75) is 19.4 Å². The highest BCUT2D eigenvalue weighted by Gasteiger charge is 2.19. The highest BCUT2D eigenvalue weighted by atomic mass is 79.9. The van der Waals surface area contributed by atoms with Crippen LogP contribution in [0, 0.1) is 11.7 Å². The number of aliphatic hydroxyl groups is 1. The summed E-state index contributed by atoms with van der Waals surface area (Å²) in [5, 5.41) is 18.4. The van der Waals surface area contributed by atoms with Gasteiger partial charge in [0, 0.05) is 0 Å². The number of aliphatic carboxylic acids is 1. The number of aliphatic hydroxyl groups excluding tert-OH is 1. The Balaban J connectivity index is 2.83. The van der Waals surface area contributed by atoms with Gasteiger partial charge in [-0.2, -0.15) is 0 Å². The van der Waals surface area contributed by atoms with Crippen molar-refractivity contribution in [1.29, 1.82) is 0 Å². The predicted molar refractivity (Wildman–Crippen MR) is 60.5 cm³/mol. The summed E-state index contributed by atoms with van der Waals surface area (Å²) in [6, 6.07) is 4.14. The lowest BCUT2D eigenvalue weighted by Crippen LogP contribution is -2.13. The molecule has 0 radical (unpaired) electrons. The number of carboxylic acid groups (broad SMARTS) is 1. The van der Waals surface area contributed by atoms with E-state index >= 15 is 0 Å². The number of hydrogen-bond acceptors (Lipinski definition) is 2. The molecule has 88 valence electrons. The van der Waals surface area contributed by atoms with Crippen molar-refractivity contribution in [2.24, 2.45) is 5.92 Å². The van der Waals surface area contributed by atoms with Gasteiger partial charge in [-0.3, -0.25) is 4.79 Å². The Labute approximate surface area is 101 Å². The van der Waals surface area contributed by atoms with Gasteiger partial charge in [-0.05, 0) is 39.5 Å². The van der Waals surface area contributed by atoms with Crippen LogP contribution in [-0.4, -0.2) is 16.2 Å². The van der Waals surface area contributed by atoms with E-state index < -0.39 is 23.8 Å². The number of halogens is 2. The molecular formula is C11H12BrFO3. The zero-order valence-electron chi connectivity index (χ0n) is 8.65. The van der Waals surface area contributed by atoms with E-state index in [1.165, 1.54) is 18.2 Å². The number of rotatable bonds is 4. The van der Waals surface area contributed by atoms with Crippen molar-refractivity contribution in [3.8, 4) is 0 Å². The fourth-order valence-corrected chi connectivity index (χ4v) is 1.81. The highest BCUT2D eigenvalue weighted by molar-refractivity contribution is 9.10. The maximum Gasteiger partial charge on any atom is 0.303 e. The lowest BCUT2D eigenvalue weighted by atomic mass is 9.95. The van der Waals surface area contributed by atoms with Crippen LogP contribution in [-0.2, 0) is 4.79 Å². The first-order valence-corrected chi connectivity index (χ1v) is 5.56. The van der Waals surface area contributed by atoms with Crippen molar-refractivity contribution in [1.82, 2.24) is 0 Å². The van der Waals surface area contributed by atoms with Crippen LogP contribution in [0.15, 0.2) is 22.7 Å². The minimum atomic E-state index is -0.965. The number of hydrogen-bond donors (Lipinski definition) is 2. The van der Waals surface area contributed by atoms with Gasteiger partial charge >= 0.3 is 5.97 Å². The second kappa shape index (κ2) is 5.41. The monoisotopic (exact) mass is 290 g/mol. The second-order valence-electron chi connectivity index (χ2n) is 3.69. The fourth-order valence-electron chi connectivity index (χ4n) is 1.41. The zero-order chi connectivity index (χ0) is 12.3. The van der Waals surface area contributed by atoms with Crippen LogP contribution >= 0.6 is 15.9 Å². The third kappa shape index (κ3) is 3.28. The Kier molecular flexibility index (Phi) is 4.44. The van der Waals surface area contributed by atoms with Crippen LogP contribution in [0.25, 0.3) is 0 Å². The van der Waals surface area contributed by atoms with Gasteiger partial charge in [0.2, 0.25) is 0 Å². The number of benzene rings is 1. The Hall–Kier alpha value is -0.940. The number of carboxylic acids is 1. The summed E-state index contributed by atoms with van der Waals surface area (Å²) in [5.74, 6) is -1.80. The summed E-state index contributed by atoms with van der Waals surface area (Å²) in [7, 11) is 0. The van der Waals surface area contributed by atoms with Crippen LogP contribution in [0.2, 0.25) is 0 Å². The molecule has 0 bridgehead atoms. The van der Waals surface area contributed by atoms with Crippen molar-refractivity contribution in [2.75, 3.05) is 0 Å². The molecule has 0 aliphatic heterocycles. The minimum absolute atomic E-state index is 0.129. The predicted octanol–water partition coefficient (Wildman–Crippen LogP) is 2.73. The zero-order valence-corrected chi connectivity index (χ0v) is 10.2. The molecule has 0 spiro atoms. The van der Waals surface area contributed by atoms with Crippen LogP contribution < -0.4 is 0 Å². The molecule has 0 heterocycles. The van der Waals surface area contributed by atoms with Gasteiger partial charge in [-0.15, -0.1) is 0 Å². The molecule has 0 aliphatic rings. The molecule has 2 N–H and O–H groups in total. The summed E-state index contributed by atoms with van der Waals surface area (Å²) >= 11 is 3.01. The third-order valence-corrected chi connectivity index (χ3v) is 2.93. The first-order valence-electron chi connectivity index (χ1n) is 4.76. The maximum absolute atomic E-state index is 13.0. The average molecular weight is 291 g/mol. The summed E-state index contributed by atoms with van der Waals surface area (Å²) in [5.41, 5.74) is 0.502. The van der Waals surface area contributed by atoms with Gasteiger partial charge < -0.3 is 10.2 Å². The second-order valence-corrected chi connectivity index (χ2v) is 4.55. The van der Waals surface area contributed by atoms with E-state index in [0.717, 1.165) is 0 Å². The molecule has 1 aromatic carbocycles. The third-order valence-electron chi connectivity index (χ3n) is 2.32. The summed E-state index contributed by atoms with van der Waals surface area (Å²) in [6.07, 6.45) is -1.04. The molecule has 1 aromatic rings. The van der Waals surface area contributed by atoms with Gasteiger partial charge in [0.25, 0.3) is 0 Å². The van der Waals surface area contributed by atoms with E-state index in [2.05, 4.69) is 15.9 Å². The maximum atomic E-state index is 13.0. The molecule has 0 aliphatic carbocycles. The van der Waals surface area contributed by atoms with Crippen LogP contribution in [0.5, 0.6) is 0 Å². The van der Waals surface area contributed by atoms with Gasteiger partial charge in [0.15, 0.2) is 0 Å². The summed E-state index contributed by atoms with van der Waals surface area (Å²) in [6.45, 7) is 1.63. The van der Waals surface area contributed by atoms with Crippen molar-refractivity contribution < 1.29 is 19.4 Å². The van der Waals surface area contributed by atoms with Gasteiger partial charge in [0.05, 0.1) is 17.0 Å². The molecule has 0 aromatic heterocycles. The molecule has 0 saturated heterocycles. The van der Waals surface area contributed by atoms with E-state index in [1.54, 1.807) is 6.92 Å². The van der Waals surface area contributed by atoms with Crippen LogP contribution in [0.4, 0.5) is 4.39 Å². The lowest BCUT2D eigenvalue weighted by Gasteiger charge is -2.17. The molecule has 16 heavy (non-hydrogen) atoms. The average Bonchev–Trinajstić information content (AvgIpc) is 2.20. The van der Waals surface area contributed by atoms with Crippen molar-refractivity contribution >= 4 is 21.9 Å². The fraction of sp³-hybridized carbons (Fsp3) is 0.364. The van der Waals surface area contributed by atoms with E-state index in [-0.39, 0.29) is 10.9 Å².